The Kier molecular flexibility index (Phi) is 3.76. The maximum absolute atomic E-state index is 12.8. The van der Waals surface area contributed by atoms with Crippen LogP contribution in [-0.4, -0.2) is 22.8 Å². The van der Waals surface area contributed by atoms with Crippen LogP contribution >= 0.6 is 0 Å². The van der Waals surface area contributed by atoms with Gasteiger partial charge in [-0.3, -0.25) is 0 Å². The molecular formula is C21H24O4. The number of allylic oxidation sites excluding steroid dienone is 3. The zero-order valence-electron chi connectivity index (χ0n) is 14.8. The zero-order valence-corrected chi connectivity index (χ0v) is 14.8. The molecule has 1 spiro atoms. The second-order valence-corrected chi connectivity index (χ2v) is 7.64. The summed E-state index contributed by atoms with van der Waals surface area (Å²) in [5.41, 5.74) is 3.21. The average molecular weight is 340 g/mol. The molecule has 0 saturated carbocycles. The van der Waals surface area contributed by atoms with Crippen LogP contribution in [0.1, 0.15) is 56.6 Å². The Balaban J connectivity index is 1.88. The van der Waals surface area contributed by atoms with E-state index in [1.165, 1.54) is 5.57 Å². The van der Waals surface area contributed by atoms with Gasteiger partial charge in [0.1, 0.15) is 17.6 Å². The van der Waals surface area contributed by atoms with Crippen LogP contribution in [0.5, 0.6) is 11.5 Å². The van der Waals surface area contributed by atoms with Crippen molar-refractivity contribution in [2.45, 2.75) is 63.6 Å². The molecule has 0 radical (unpaired) electrons. The van der Waals surface area contributed by atoms with Crippen LogP contribution in [0.15, 0.2) is 35.9 Å². The van der Waals surface area contributed by atoms with E-state index in [1.807, 2.05) is 6.92 Å². The van der Waals surface area contributed by atoms with Crippen LogP contribution in [0.4, 0.5) is 0 Å². The minimum Gasteiger partial charge on any atom is -0.508 e. The Hall–Kier alpha value is -2.07. The summed E-state index contributed by atoms with van der Waals surface area (Å²) >= 11 is 0. The summed E-state index contributed by atoms with van der Waals surface area (Å²) in [6.45, 7) is 8.27. The van der Waals surface area contributed by atoms with Crippen LogP contribution < -0.4 is 4.74 Å². The van der Waals surface area contributed by atoms with Gasteiger partial charge in [0.2, 0.25) is 0 Å². The lowest BCUT2D eigenvalue weighted by atomic mass is 9.85. The van der Waals surface area contributed by atoms with Crippen LogP contribution in [-0.2, 0) is 16.0 Å². The normalized spacial score (nSPS) is 33.0. The van der Waals surface area contributed by atoms with Gasteiger partial charge < -0.3 is 14.6 Å². The predicted molar refractivity (Wildman–Crippen MR) is 94.8 cm³/mol. The molecule has 4 nitrogen and oxygen atoms in total. The van der Waals surface area contributed by atoms with E-state index in [-0.39, 0.29) is 23.7 Å². The molecule has 132 valence electrons. The topological polar surface area (TPSA) is 59.1 Å². The van der Waals surface area contributed by atoms with E-state index in [1.54, 1.807) is 12.1 Å². The van der Waals surface area contributed by atoms with E-state index >= 15 is 0 Å². The van der Waals surface area contributed by atoms with Crippen LogP contribution in [0.25, 0.3) is 0 Å². The van der Waals surface area contributed by atoms with Crippen molar-refractivity contribution in [3.05, 3.63) is 47.1 Å². The molecule has 1 aromatic rings. The Morgan fingerprint density at radius 1 is 1.40 bits per heavy atom. The van der Waals surface area contributed by atoms with Crippen molar-refractivity contribution in [1.29, 1.82) is 0 Å². The fraction of sp³-hybridized carbons (Fsp3) is 0.476. The number of carbonyl (C=O) groups is 1. The molecule has 0 aliphatic carbocycles. The maximum Gasteiger partial charge on any atom is 0.346 e. The van der Waals surface area contributed by atoms with Gasteiger partial charge in [0.15, 0.2) is 5.60 Å². The lowest BCUT2D eigenvalue weighted by molar-refractivity contribution is -0.140. The molecule has 0 amide bonds. The Morgan fingerprint density at radius 3 is 2.96 bits per heavy atom. The lowest BCUT2D eigenvalue weighted by Crippen LogP contribution is -2.31. The smallest absolute Gasteiger partial charge is 0.346 e. The first-order chi connectivity index (χ1) is 11.9. The van der Waals surface area contributed by atoms with Gasteiger partial charge in [-0.1, -0.05) is 23.8 Å². The molecule has 0 aromatic heterocycles. The highest BCUT2D eigenvalue weighted by molar-refractivity contribution is 5.87. The quantitative estimate of drug-likeness (QED) is 0.361. The minimum atomic E-state index is -0.819. The average Bonchev–Trinajstić information content (AvgIpc) is 3.23. The van der Waals surface area contributed by atoms with E-state index in [0.717, 1.165) is 36.0 Å². The molecule has 3 aliphatic heterocycles. The summed E-state index contributed by atoms with van der Waals surface area (Å²) < 4.78 is 11.6. The second kappa shape index (κ2) is 5.73. The van der Waals surface area contributed by atoms with Gasteiger partial charge in [-0.05, 0) is 51.7 Å². The number of hydrogen-bond acceptors (Lipinski definition) is 4. The number of hydrogen-bond donors (Lipinski definition) is 1. The lowest BCUT2D eigenvalue weighted by Gasteiger charge is -2.23. The number of phenols is 1. The van der Waals surface area contributed by atoms with Crippen molar-refractivity contribution in [1.82, 2.24) is 0 Å². The Labute approximate surface area is 148 Å². The fourth-order valence-corrected chi connectivity index (χ4v) is 4.21. The highest BCUT2D eigenvalue weighted by atomic mass is 16.7. The molecule has 3 heterocycles. The molecule has 3 aliphatic rings. The summed E-state index contributed by atoms with van der Waals surface area (Å²) in [5, 5.41) is 10.2. The van der Waals surface area contributed by atoms with Crippen LogP contribution in [0.2, 0.25) is 0 Å². The van der Waals surface area contributed by atoms with Gasteiger partial charge in [-0.2, -0.15) is 0 Å². The molecule has 0 unspecified atom stereocenters. The summed E-state index contributed by atoms with van der Waals surface area (Å²) in [4.78, 5) is 12.8. The van der Waals surface area contributed by atoms with Crippen molar-refractivity contribution in [2.75, 3.05) is 0 Å². The van der Waals surface area contributed by atoms with Gasteiger partial charge >= 0.3 is 5.97 Å². The maximum atomic E-state index is 12.8. The molecule has 3 atom stereocenters. The molecular weight excluding hydrogens is 316 g/mol. The number of benzene rings is 1. The molecule has 1 aromatic carbocycles. The first-order valence-electron chi connectivity index (χ1n) is 8.97. The molecule has 1 fully saturated rings. The zero-order chi connectivity index (χ0) is 17.8. The van der Waals surface area contributed by atoms with Crippen LogP contribution in [0, 0.1) is 0 Å². The van der Waals surface area contributed by atoms with E-state index < -0.39 is 5.60 Å². The van der Waals surface area contributed by atoms with E-state index in [4.69, 9.17) is 9.47 Å². The highest BCUT2D eigenvalue weighted by Crippen LogP contribution is 2.50. The first kappa shape index (κ1) is 16.4. The molecule has 1 N–H and O–H groups in total. The van der Waals surface area contributed by atoms with E-state index in [0.29, 0.717) is 18.6 Å². The summed E-state index contributed by atoms with van der Waals surface area (Å²) in [5.74, 6) is 0.553. The standard InChI is InChI=1S/C21H24O4/c1-12(2)16-7-6-13(3)5-4-8-21-18(25-21)10-14-9-15(22)11-17(16)19(14)24-20(21)23/h5,9,11,16,18,22H,1,4,6-8,10H2,2-3H3/b13-5+/t16-,18-,21-/m0/s1. The molecule has 25 heavy (non-hydrogen) atoms. The van der Waals surface area contributed by atoms with Crippen LogP contribution in [0.3, 0.4) is 0 Å². The Bertz CT molecular complexity index is 791. The summed E-state index contributed by atoms with van der Waals surface area (Å²) in [6.07, 6.45) is 5.93. The fourth-order valence-electron chi connectivity index (χ4n) is 4.21. The van der Waals surface area contributed by atoms with Crippen molar-refractivity contribution in [3.63, 3.8) is 0 Å². The third-order valence-corrected chi connectivity index (χ3v) is 5.75. The monoisotopic (exact) mass is 340 g/mol. The molecule has 2 bridgehead atoms. The van der Waals surface area contributed by atoms with Gasteiger partial charge in [0.05, 0.1) is 0 Å². The minimum absolute atomic E-state index is 0.0442. The molecule has 1 saturated heterocycles. The van der Waals surface area contributed by atoms with Crippen molar-refractivity contribution < 1.29 is 19.4 Å². The second-order valence-electron chi connectivity index (χ2n) is 7.64. The number of aromatic hydroxyl groups is 1. The largest absolute Gasteiger partial charge is 0.508 e. The Morgan fingerprint density at radius 2 is 2.20 bits per heavy atom. The number of phenolic OH excluding ortho intramolecular Hbond substituents is 1. The summed E-state index contributed by atoms with van der Waals surface area (Å²) in [6, 6.07) is 3.42. The summed E-state index contributed by atoms with van der Waals surface area (Å²) in [7, 11) is 0. The van der Waals surface area contributed by atoms with Gasteiger partial charge in [0, 0.05) is 23.5 Å². The van der Waals surface area contributed by atoms with Crippen molar-refractivity contribution in [2.24, 2.45) is 0 Å². The molecule has 4 rings (SSSR count). The first-order valence-corrected chi connectivity index (χ1v) is 8.97. The highest BCUT2D eigenvalue weighted by Gasteiger charge is 2.64. The number of ether oxygens (including phenoxy) is 2. The number of esters is 1. The third kappa shape index (κ3) is 2.69. The van der Waals surface area contributed by atoms with Crippen molar-refractivity contribution >= 4 is 5.97 Å². The third-order valence-electron chi connectivity index (χ3n) is 5.75. The number of carbonyl (C=O) groups excluding carboxylic acids is 1. The van der Waals surface area contributed by atoms with E-state index in [2.05, 4.69) is 19.6 Å². The van der Waals surface area contributed by atoms with Gasteiger partial charge in [-0.15, -0.1) is 0 Å². The SMILES string of the molecule is C=C(C)[C@@H]1CC/C(C)=C/CC[C@]23O[C@H]2Cc2cc(O)cc1c2OC3=O. The van der Waals surface area contributed by atoms with Crippen molar-refractivity contribution in [3.8, 4) is 11.5 Å². The molecule has 4 heteroatoms. The predicted octanol–water partition coefficient (Wildman–Crippen LogP) is 4.17. The van der Waals surface area contributed by atoms with Gasteiger partial charge in [0.25, 0.3) is 0 Å². The number of rotatable bonds is 1. The van der Waals surface area contributed by atoms with Gasteiger partial charge in [-0.25, -0.2) is 4.79 Å². The number of epoxide rings is 1. The van der Waals surface area contributed by atoms with E-state index in [9.17, 15) is 9.90 Å². The number of fused-ring (bicyclic) bond motifs is 1.